The molecule has 2 aromatic heterocycles. The summed E-state index contributed by atoms with van der Waals surface area (Å²) in [6.07, 6.45) is 0. The zero-order valence-electron chi connectivity index (χ0n) is 20.0. The van der Waals surface area contributed by atoms with E-state index >= 15 is 0 Å². The molecule has 33 heavy (non-hydrogen) atoms. The van der Waals surface area contributed by atoms with E-state index in [-0.39, 0.29) is 11.0 Å². The SMILES string of the molecule is COc1cc2[nH]c(=O)c(-c3nc4ccccc4[nH]3)c(NCC(C)(C)CN(C)C)c2cc1OC. The largest absolute Gasteiger partial charge is 0.493 e. The summed E-state index contributed by atoms with van der Waals surface area (Å²) < 4.78 is 11.0. The normalized spacial score (nSPS) is 12.0. The van der Waals surface area contributed by atoms with Crippen molar-refractivity contribution < 1.29 is 9.47 Å². The summed E-state index contributed by atoms with van der Waals surface area (Å²) >= 11 is 0. The lowest BCUT2D eigenvalue weighted by atomic mass is 9.92. The third-order valence-corrected chi connectivity index (χ3v) is 5.63. The van der Waals surface area contributed by atoms with Crippen LogP contribution in [0, 0.1) is 5.41 Å². The topological polar surface area (TPSA) is 95.3 Å². The highest BCUT2D eigenvalue weighted by Crippen LogP contribution is 2.38. The Balaban J connectivity index is 1.94. The lowest BCUT2D eigenvalue weighted by Gasteiger charge is -2.29. The van der Waals surface area contributed by atoms with Gasteiger partial charge in [0.15, 0.2) is 11.5 Å². The molecule has 3 N–H and O–H groups in total. The number of pyridine rings is 1. The summed E-state index contributed by atoms with van der Waals surface area (Å²) in [6.45, 7) is 5.93. The number of anilines is 1. The number of para-hydroxylation sites is 2. The van der Waals surface area contributed by atoms with Gasteiger partial charge in [0.25, 0.3) is 5.56 Å². The number of methoxy groups -OCH3 is 2. The highest BCUT2D eigenvalue weighted by Gasteiger charge is 2.23. The van der Waals surface area contributed by atoms with Crippen LogP contribution in [0.1, 0.15) is 13.8 Å². The fraction of sp³-hybridized carbons (Fsp3) is 0.360. The minimum atomic E-state index is -0.235. The van der Waals surface area contributed by atoms with Crippen LogP contribution in [0.25, 0.3) is 33.3 Å². The van der Waals surface area contributed by atoms with Crippen LogP contribution in [0.4, 0.5) is 5.69 Å². The lowest BCUT2D eigenvalue weighted by Crippen LogP contribution is -2.34. The monoisotopic (exact) mass is 449 g/mol. The predicted molar refractivity (Wildman–Crippen MR) is 134 cm³/mol. The Hall–Kier alpha value is -3.52. The molecule has 0 saturated heterocycles. The number of hydrogen-bond acceptors (Lipinski definition) is 6. The molecule has 0 amide bonds. The van der Waals surface area contributed by atoms with Crippen LogP contribution in [0.15, 0.2) is 41.2 Å². The molecule has 2 aromatic carbocycles. The molecule has 0 aliphatic rings. The average molecular weight is 450 g/mol. The molecule has 0 aliphatic carbocycles. The first-order valence-corrected chi connectivity index (χ1v) is 10.9. The van der Waals surface area contributed by atoms with Crippen molar-refractivity contribution >= 4 is 27.6 Å². The first-order valence-electron chi connectivity index (χ1n) is 10.9. The van der Waals surface area contributed by atoms with Crippen LogP contribution in [-0.2, 0) is 0 Å². The molecule has 0 spiro atoms. The van der Waals surface area contributed by atoms with Crippen molar-refractivity contribution in [2.75, 3.05) is 46.7 Å². The van der Waals surface area contributed by atoms with Crippen LogP contribution >= 0.6 is 0 Å². The number of aromatic nitrogens is 3. The predicted octanol–water partition coefficient (Wildman–Crippen LogP) is 4.09. The van der Waals surface area contributed by atoms with E-state index in [9.17, 15) is 4.79 Å². The van der Waals surface area contributed by atoms with Gasteiger partial charge in [-0.2, -0.15) is 0 Å². The molecule has 174 valence electrons. The van der Waals surface area contributed by atoms with Gasteiger partial charge in [0.1, 0.15) is 11.4 Å². The maximum Gasteiger partial charge on any atom is 0.261 e. The highest BCUT2D eigenvalue weighted by atomic mass is 16.5. The minimum absolute atomic E-state index is 0.0415. The minimum Gasteiger partial charge on any atom is -0.493 e. The van der Waals surface area contributed by atoms with Crippen LogP contribution in [0.2, 0.25) is 0 Å². The fourth-order valence-corrected chi connectivity index (χ4v) is 4.34. The molecule has 0 bridgehead atoms. The third kappa shape index (κ3) is 4.52. The van der Waals surface area contributed by atoms with Crippen LogP contribution < -0.4 is 20.3 Å². The molecule has 0 unspecified atom stereocenters. The zero-order valence-corrected chi connectivity index (χ0v) is 20.0. The van der Waals surface area contributed by atoms with E-state index in [0.29, 0.717) is 40.6 Å². The maximum atomic E-state index is 13.4. The van der Waals surface area contributed by atoms with Gasteiger partial charge in [0.2, 0.25) is 0 Å². The number of nitrogens with one attached hydrogen (secondary N) is 3. The molecule has 4 aromatic rings. The van der Waals surface area contributed by atoms with Crippen molar-refractivity contribution in [1.29, 1.82) is 0 Å². The summed E-state index contributed by atoms with van der Waals surface area (Å²) in [5, 5.41) is 4.39. The first-order chi connectivity index (χ1) is 15.7. The number of imidazole rings is 1. The van der Waals surface area contributed by atoms with E-state index in [0.717, 1.165) is 23.0 Å². The Bertz CT molecular complexity index is 1320. The first kappa shape index (κ1) is 22.7. The number of benzene rings is 2. The fourth-order valence-electron chi connectivity index (χ4n) is 4.34. The second kappa shape index (κ2) is 8.78. The molecule has 0 fully saturated rings. The quantitative estimate of drug-likeness (QED) is 0.375. The number of rotatable bonds is 8. The second-order valence-corrected chi connectivity index (χ2v) is 9.32. The molecule has 2 heterocycles. The Kier molecular flexibility index (Phi) is 6.03. The van der Waals surface area contributed by atoms with E-state index in [4.69, 9.17) is 14.5 Å². The standard InChI is InChI=1S/C25H31N5O3/c1-25(2,14-30(3)4)13-26-22-15-11-19(32-5)20(33-6)12-18(15)29-24(31)21(22)23-27-16-9-7-8-10-17(16)28-23/h7-12H,13-14H2,1-6H3,(H,27,28)(H2,26,29,31). The summed E-state index contributed by atoms with van der Waals surface area (Å²) in [7, 11) is 7.29. The number of hydrogen-bond donors (Lipinski definition) is 3. The van der Waals surface area contributed by atoms with Crippen LogP contribution in [-0.4, -0.2) is 61.3 Å². The third-order valence-electron chi connectivity index (χ3n) is 5.63. The van der Waals surface area contributed by atoms with E-state index in [1.165, 1.54) is 0 Å². The van der Waals surface area contributed by atoms with E-state index < -0.39 is 0 Å². The van der Waals surface area contributed by atoms with Gasteiger partial charge < -0.3 is 29.7 Å². The van der Waals surface area contributed by atoms with Gasteiger partial charge in [-0.05, 0) is 37.7 Å². The molecular formula is C25H31N5O3. The Labute approximate surface area is 192 Å². The van der Waals surface area contributed by atoms with Gasteiger partial charge in [0, 0.05) is 24.5 Å². The van der Waals surface area contributed by atoms with Crippen LogP contribution in [0.5, 0.6) is 11.5 Å². The lowest BCUT2D eigenvalue weighted by molar-refractivity contribution is 0.254. The van der Waals surface area contributed by atoms with Gasteiger partial charge >= 0.3 is 0 Å². The number of nitrogens with zero attached hydrogens (tertiary/aromatic N) is 2. The van der Waals surface area contributed by atoms with Crippen molar-refractivity contribution in [2.24, 2.45) is 5.41 Å². The van der Waals surface area contributed by atoms with Gasteiger partial charge in [-0.1, -0.05) is 26.0 Å². The number of H-pyrrole nitrogens is 2. The van der Waals surface area contributed by atoms with Crippen LogP contribution in [0.3, 0.4) is 0 Å². The molecule has 0 radical (unpaired) electrons. The smallest absolute Gasteiger partial charge is 0.261 e. The molecule has 0 aliphatic heterocycles. The molecule has 0 atom stereocenters. The molecule has 0 saturated carbocycles. The molecule has 8 nitrogen and oxygen atoms in total. The highest BCUT2D eigenvalue weighted by molar-refractivity contribution is 6.00. The number of fused-ring (bicyclic) bond motifs is 2. The van der Waals surface area contributed by atoms with Crippen molar-refractivity contribution in [3.05, 3.63) is 46.8 Å². The molecule has 4 rings (SSSR count). The van der Waals surface area contributed by atoms with E-state index in [1.54, 1.807) is 20.3 Å². The van der Waals surface area contributed by atoms with Crippen molar-refractivity contribution in [1.82, 2.24) is 19.9 Å². The van der Waals surface area contributed by atoms with Gasteiger partial charge in [-0.15, -0.1) is 0 Å². The van der Waals surface area contributed by atoms with Crippen molar-refractivity contribution in [3.63, 3.8) is 0 Å². The Morgan fingerprint density at radius 1 is 1.03 bits per heavy atom. The van der Waals surface area contributed by atoms with Crippen molar-refractivity contribution in [2.45, 2.75) is 13.8 Å². The number of aromatic amines is 2. The average Bonchev–Trinajstić information content (AvgIpc) is 3.19. The van der Waals surface area contributed by atoms with Crippen molar-refractivity contribution in [3.8, 4) is 22.9 Å². The van der Waals surface area contributed by atoms with E-state index in [2.05, 4.69) is 48.1 Å². The Morgan fingerprint density at radius 2 is 1.73 bits per heavy atom. The van der Waals surface area contributed by atoms with Gasteiger partial charge in [-0.25, -0.2) is 4.98 Å². The van der Waals surface area contributed by atoms with Gasteiger partial charge in [0.05, 0.1) is 36.5 Å². The number of ether oxygens (including phenoxy) is 2. The molecular weight excluding hydrogens is 418 g/mol. The summed E-state index contributed by atoms with van der Waals surface area (Å²) in [4.78, 5) is 26.5. The second-order valence-electron chi connectivity index (χ2n) is 9.32. The molecule has 8 heteroatoms. The summed E-state index contributed by atoms with van der Waals surface area (Å²) in [5.74, 6) is 1.65. The summed E-state index contributed by atoms with van der Waals surface area (Å²) in [6, 6.07) is 11.4. The summed E-state index contributed by atoms with van der Waals surface area (Å²) in [5.41, 5.74) is 3.23. The van der Waals surface area contributed by atoms with E-state index in [1.807, 2.05) is 30.3 Å². The zero-order chi connectivity index (χ0) is 23.8. The Morgan fingerprint density at radius 3 is 2.39 bits per heavy atom. The van der Waals surface area contributed by atoms with Gasteiger partial charge in [-0.3, -0.25) is 4.79 Å². The maximum absolute atomic E-state index is 13.4.